The van der Waals surface area contributed by atoms with Gasteiger partial charge in [0.2, 0.25) is 0 Å². The molecule has 0 spiro atoms. The lowest BCUT2D eigenvalue weighted by atomic mass is 10.4. The molecular weight excluding hydrogens is 116 g/mol. The van der Waals surface area contributed by atoms with Crippen molar-refractivity contribution in [3.63, 3.8) is 0 Å². The molecule has 1 aromatic rings. The Bertz CT molecular complexity index is 193. The summed E-state index contributed by atoms with van der Waals surface area (Å²) in [5, 5.41) is 0. The van der Waals surface area contributed by atoms with E-state index in [0.717, 1.165) is 5.56 Å². The Morgan fingerprint density at radius 1 is 1.78 bits per heavy atom. The Morgan fingerprint density at radius 3 is 3.22 bits per heavy atom. The molecule has 0 saturated carbocycles. The number of hydrogen-bond acceptors (Lipinski definition) is 2. The fraction of sp³-hybridized carbons (Fsp3) is 0.143. The van der Waals surface area contributed by atoms with Gasteiger partial charge in [-0.25, -0.2) is 0 Å². The van der Waals surface area contributed by atoms with Crippen LogP contribution in [-0.4, -0.2) is 0 Å². The Labute approximate surface area is 53.4 Å². The summed E-state index contributed by atoms with van der Waals surface area (Å²) in [6.45, 7) is 0.424. The number of hydrogen-bond donors (Lipinski definition) is 0. The third-order valence-electron chi connectivity index (χ3n) is 0.902. The van der Waals surface area contributed by atoms with Crippen molar-refractivity contribution in [2.75, 3.05) is 0 Å². The maximum absolute atomic E-state index is 4.84. The zero-order valence-electron chi connectivity index (χ0n) is 4.83. The molecule has 2 heteroatoms. The molecule has 0 N–H and O–H groups in total. The van der Waals surface area contributed by atoms with Crippen molar-refractivity contribution in [1.82, 2.24) is 0 Å². The van der Waals surface area contributed by atoms with Crippen LogP contribution in [0.5, 0.6) is 0 Å². The zero-order chi connectivity index (χ0) is 6.53. The number of terminal acetylenes is 1. The Kier molecular flexibility index (Phi) is 1.81. The van der Waals surface area contributed by atoms with Gasteiger partial charge >= 0.3 is 0 Å². The van der Waals surface area contributed by atoms with Crippen molar-refractivity contribution >= 4 is 0 Å². The van der Waals surface area contributed by atoms with Crippen LogP contribution in [0.25, 0.3) is 0 Å². The molecule has 0 aliphatic carbocycles. The maximum Gasteiger partial charge on any atom is 0.128 e. The van der Waals surface area contributed by atoms with Gasteiger partial charge < -0.3 is 9.15 Å². The van der Waals surface area contributed by atoms with E-state index < -0.39 is 0 Å². The lowest BCUT2D eigenvalue weighted by Gasteiger charge is -1.89. The summed E-state index contributed by atoms with van der Waals surface area (Å²) in [5.74, 6) is 0. The molecular formula is C7H6O2. The predicted molar refractivity (Wildman–Crippen MR) is 32.3 cm³/mol. The minimum absolute atomic E-state index is 0.424. The highest BCUT2D eigenvalue weighted by molar-refractivity contribution is 5.03. The first-order chi connectivity index (χ1) is 4.43. The molecule has 46 valence electrons. The van der Waals surface area contributed by atoms with Crippen molar-refractivity contribution in [1.29, 1.82) is 0 Å². The van der Waals surface area contributed by atoms with E-state index in [1.54, 1.807) is 18.6 Å². The molecule has 0 atom stereocenters. The number of furan rings is 1. The SMILES string of the molecule is C#COCc1ccoc1. The van der Waals surface area contributed by atoms with Crippen LogP contribution in [0.15, 0.2) is 23.0 Å². The summed E-state index contributed by atoms with van der Waals surface area (Å²) >= 11 is 0. The first-order valence-corrected chi connectivity index (χ1v) is 2.52. The van der Waals surface area contributed by atoms with E-state index in [2.05, 4.69) is 10.8 Å². The molecule has 1 rings (SSSR count). The van der Waals surface area contributed by atoms with Gasteiger partial charge in [0.25, 0.3) is 0 Å². The van der Waals surface area contributed by atoms with Crippen molar-refractivity contribution in [3.05, 3.63) is 24.2 Å². The zero-order valence-corrected chi connectivity index (χ0v) is 4.83. The van der Waals surface area contributed by atoms with Crippen LogP contribution >= 0.6 is 0 Å². The Morgan fingerprint density at radius 2 is 2.67 bits per heavy atom. The molecule has 0 radical (unpaired) electrons. The number of rotatable bonds is 2. The quantitative estimate of drug-likeness (QED) is 0.553. The van der Waals surface area contributed by atoms with Gasteiger partial charge in [0.15, 0.2) is 0 Å². The molecule has 0 amide bonds. The van der Waals surface area contributed by atoms with E-state index in [0.29, 0.717) is 6.61 Å². The molecule has 0 aliphatic rings. The van der Waals surface area contributed by atoms with Crippen LogP contribution < -0.4 is 0 Å². The van der Waals surface area contributed by atoms with E-state index >= 15 is 0 Å². The first-order valence-electron chi connectivity index (χ1n) is 2.52. The number of ether oxygens (including phenoxy) is 1. The summed E-state index contributed by atoms with van der Waals surface area (Å²) in [6.07, 6.45) is 10.1. The smallest absolute Gasteiger partial charge is 0.128 e. The van der Waals surface area contributed by atoms with Crippen LogP contribution in [0.2, 0.25) is 0 Å². The van der Waals surface area contributed by atoms with Crippen LogP contribution in [0.4, 0.5) is 0 Å². The van der Waals surface area contributed by atoms with Gasteiger partial charge in [0.05, 0.1) is 12.5 Å². The maximum atomic E-state index is 4.84. The minimum atomic E-state index is 0.424. The highest BCUT2D eigenvalue weighted by Crippen LogP contribution is 2.00. The van der Waals surface area contributed by atoms with Gasteiger partial charge in [0, 0.05) is 5.56 Å². The molecule has 0 saturated heterocycles. The van der Waals surface area contributed by atoms with E-state index in [9.17, 15) is 0 Å². The third kappa shape index (κ3) is 1.54. The molecule has 0 unspecified atom stereocenters. The molecule has 0 aromatic carbocycles. The van der Waals surface area contributed by atoms with Crippen LogP contribution in [-0.2, 0) is 11.3 Å². The van der Waals surface area contributed by atoms with E-state index in [4.69, 9.17) is 10.8 Å². The van der Waals surface area contributed by atoms with Gasteiger partial charge in [-0.1, -0.05) is 6.42 Å². The van der Waals surface area contributed by atoms with E-state index in [-0.39, 0.29) is 0 Å². The van der Waals surface area contributed by atoms with E-state index in [1.807, 2.05) is 0 Å². The second-order valence-electron chi connectivity index (χ2n) is 1.54. The van der Waals surface area contributed by atoms with Gasteiger partial charge in [-0.05, 0) is 6.07 Å². The fourth-order valence-electron chi connectivity index (χ4n) is 0.500. The standard InChI is InChI=1S/C7H6O2/c1-2-8-5-7-3-4-9-6-7/h1,3-4,6H,5H2. The summed E-state index contributed by atoms with van der Waals surface area (Å²) in [7, 11) is 0. The summed E-state index contributed by atoms with van der Waals surface area (Å²) in [4.78, 5) is 0. The van der Waals surface area contributed by atoms with Crippen LogP contribution in [0.3, 0.4) is 0 Å². The normalized spacial score (nSPS) is 8.33. The molecule has 9 heavy (non-hydrogen) atoms. The van der Waals surface area contributed by atoms with Crippen LogP contribution in [0.1, 0.15) is 5.56 Å². The van der Waals surface area contributed by atoms with Crippen molar-refractivity contribution in [2.24, 2.45) is 0 Å². The molecule has 2 nitrogen and oxygen atoms in total. The largest absolute Gasteiger partial charge is 0.472 e. The van der Waals surface area contributed by atoms with Crippen molar-refractivity contribution < 1.29 is 9.15 Å². The average Bonchev–Trinajstić information content (AvgIpc) is 2.34. The highest BCUT2D eigenvalue weighted by atomic mass is 16.5. The van der Waals surface area contributed by atoms with Gasteiger partial charge in [-0.15, -0.1) is 0 Å². The van der Waals surface area contributed by atoms with Gasteiger partial charge in [-0.3, -0.25) is 0 Å². The summed E-state index contributed by atoms with van der Waals surface area (Å²) in [5.41, 5.74) is 0.952. The molecule has 0 aliphatic heterocycles. The second-order valence-corrected chi connectivity index (χ2v) is 1.54. The lowest BCUT2D eigenvalue weighted by molar-refractivity contribution is 0.264. The average molecular weight is 122 g/mol. The summed E-state index contributed by atoms with van der Waals surface area (Å²) < 4.78 is 9.41. The first kappa shape index (κ1) is 5.77. The van der Waals surface area contributed by atoms with Crippen molar-refractivity contribution in [2.45, 2.75) is 6.61 Å². The monoisotopic (exact) mass is 122 g/mol. The predicted octanol–water partition coefficient (Wildman–Crippen LogP) is 1.39. The lowest BCUT2D eigenvalue weighted by Crippen LogP contribution is -1.80. The van der Waals surface area contributed by atoms with E-state index in [1.165, 1.54) is 0 Å². The highest BCUT2D eigenvalue weighted by Gasteiger charge is 1.90. The van der Waals surface area contributed by atoms with Gasteiger partial charge in [-0.2, -0.15) is 0 Å². The molecule has 0 fully saturated rings. The van der Waals surface area contributed by atoms with Gasteiger partial charge in [0.1, 0.15) is 12.7 Å². The Balaban J connectivity index is 2.41. The third-order valence-corrected chi connectivity index (χ3v) is 0.902. The van der Waals surface area contributed by atoms with Crippen molar-refractivity contribution in [3.8, 4) is 12.5 Å². The Hall–Kier alpha value is -1.36. The minimum Gasteiger partial charge on any atom is -0.472 e. The fourth-order valence-corrected chi connectivity index (χ4v) is 0.500. The molecule has 0 bridgehead atoms. The molecule has 1 aromatic heterocycles. The summed E-state index contributed by atoms with van der Waals surface area (Å²) in [6, 6.07) is 1.80. The second kappa shape index (κ2) is 2.83. The topological polar surface area (TPSA) is 22.4 Å². The molecule has 1 heterocycles. The van der Waals surface area contributed by atoms with Crippen LogP contribution in [0, 0.1) is 12.5 Å².